The van der Waals surface area contributed by atoms with Crippen molar-refractivity contribution in [2.24, 2.45) is 7.05 Å². The molecule has 6 heteroatoms. The normalized spacial score (nSPS) is 16.4. The molecule has 1 aromatic heterocycles. The number of benzene rings is 1. The van der Waals surface area contributed by atoms with Gasteiger partial charge in [0.25, 0.3) is 0 Å². The summed E-state index contributed by atoms with van der Waals surface area (Å²) in [7, 11) is 3.73. The zero-order valence-electron chi connectivity index (χ0n) is 15.6. The van der Waals surface area contributed by atoms with Crippen LogP contribution in [-0.2, 0) is 18.3 Å². The van der Waals surface area contributed by atoms with Crippen molar-refractivity contribution in [2.75, 3.05) is 26.7 Å². The van der Waals surface area contributed by atoms with Crippen molar-refractivity contribution < 1.29 is 9.18 Å². The van der Waals surface area contributed by atoms with Crippen molar-refractivity contribution >= 4 is 5.91 Å². The predicted octanol–water partition coefficient (Wildman–Crippen LogP) is 2.79. The zero-order chi connectivity index (χ0) is 18.5. The number of likely N-dealkylation sites (tertiary alicyclic amines) is 1. The van der Waals surface area contributed by atoms with Gasteiger partial charge in [-0.1, -0.05) is 18.6 Å². The minimum absolute atomic E-state index is 0.0717. The van der Waals surface area contributed by atoms with Crippen LogP contribution >= 0.6 is 0 Å². The number of aryl methyl sites for hydroxylation is 1. The number of likely N-dealkylation sites (N-methyl/N-ethyl adjacent to an activating group) is 1. The number of aromatic nitrogens is 2. The summed E-state index contributed by atoms with van der Waals surface area (Å²) in [5, 5.41) is 4.17. The van der Waals surface area contributed by atoms with E-state index in [0.717, 1.165) is 43.5 Å². The van der Waals surface area contributed by atoms with Crippen LogP contribution in [0.1, 0.15) is 36.4 Å². The summed E-state index contributed by atoms with van der Waals surface area (Å²) >= 11 is 0. The van der Waals surface area contributed by atoms with Crippen molar-refractivity contribution in [3.63, 3.8) is 0 Å². The largest absolute Gasteiger partial charge is 0.344 e. The number of nitrogens with zero attached hydrogens (tertiary/aromatic N) is 4. The monoisotopic (exact) mass is 358 g/mol. The highest BCUT2D eigenvalue weighted by Crippen LogP contribution is 2.26. The minimum Gasteiger partial charge on any atom is -0.344 e. The van der Waals surface area contributed by atoms with Crippen LogP contribution in [-0.4, -0.2) is 52.2 Å². The molecule has 2 heterocycles. The molecular formula is C20H27FN4O. The maximum Gasteiger partial charge on any atom is 0.244 e. The lowest BCUT2D eigenvalue weighted by Crippen LogP contribution is -2.44. The molecule has 1 unspecified atom stereocenters. The van der Waals surface area contributed by atoms with Gasteiger partial charge in [-0.25, -0.2) is 4.39 Å². The lowest BCUT2D eigenvalue weighted by Gasteiger charge is -2.36. The Morgan fingerprint density at radius 3 is 2.54 bits per heavy atom. The Morgan fingerprint density at radius 1 is 1.23 bits per heavy atom. The second-order valence-corrected chi connectivity index (χ2v) is 7.08. The van der Waals surface area contributed by atoms with E-state index in [1.807, 2.05) is 26.5 Å². The molecule has 140 valence electrons. The lowest BCUT2D eigenvalue weighted by atomic mass is 10.00. The topological polar surface area (TPSA) is 41.4 Å². The van der Waals surface area contributed by atoms with Gasteiger partial charge in [0.2, 0.25) is 5.91 Å². The number of hydrogen-bond acceptors (Lipinski definition) is 3. The standard InChI is InChI=1S/C20H27FN4O/c1-23(13-10-16-14-22-24(2)15-16)20(26)19(25-11-4-3-5-12-25)17-6-8-18(21)9-7-17/h6-9,14-15,19H,3-5,10-13H2,1-2H3. The van der Waals surface area contributed by atoms with Crippen molar-refractivity contribution in [2.45, 2.75) is 31.7 Å². The molecule has 0 N–H and O–H groups in total. The Kier molecular flexibility index (Phi) is 6.04. The van der Waals surface area contributed by atoms with Gasteiger partial charge in [-0.15, -0.1) is 0 Å². The summed E-state index contributed by atoms with van der Waals surface area (Å²) in [5.74, 6) is -0.203. The highest BCUT2D eigenvalue weighted by atomic mass is 19.1. The minimum atomic E-state index is -0.338. The first-order chi connectivity index (χ1) is 12.5. The molecule has 26 heavy (non-hydrogen) atoms. The quantitative estimate of drug-likeness (QED) is 0.797. The third-order valence-electron chi connectivity index (χ3n) is 5.05. The van der Waals surface area contributed by atoms with E-state index in [2.05, 4.69) is 10.00 Å². The van der Waals surface area contributed by atoms with Crippen LogP contribution in [0.25, 0.3) is 0 Å². The molecule has 1 saturated heterocycles. The molecule has 0 bridgehead atoms. The number of carbonyl (C=O) groups is 1. The summed E-state index contributed by atoms with van der Waals surface area (Å²) < 4.78 is 15.1. The van der Waals surface area contributed by atoms with Gasteiger partial charge in [0.1, 0.15) is 11.9 Å². The predicted molar refractivity (Wildman–Crippen MR) is 99.1 cm³/mol. The van der Waals surface area contributed by atoms with Gasteiger partial charge < -0.3 is 4.90 Å². The first kappa shape index (κ1) is 18.6. The van der Waals surface area contributed by atoms with E-state index in [1.165, 1.54) is 18.6 Å². The average molecular weight is 358 g/mol. The fraction of sp³-hybridized carbons (Fsp3) is 0.500. The van der Waals surface area contributed by atoms with Crippen molar-refractivity contribution in [3.05, 3.63) is 53.6 Å². The molecule has 0 spiro atoms. The number of carbonyl (C=O) groups excluding carboxylic acids is 1. The molecule has 1 amide bonds. The molecule has 0 aliphatic carbocycles. The third kappa shape index (κ3) is 4.49. The summed E-state index contributed by atoms with van der Waals surface area (Å²) in [5.41, 5.74) is 1.98. The molecule has 1 aromatic carbocycles. The SMILES string of the molecule is CN(CCc1cnn(C)c1)C(=O)C(c1ccc(F)cc1)N1CCCCC1. The molecule has 1 aliphatic rings. The smallest absolute Gasteiger partial charge is 0.244 e. The maximum atomic E-state index is 13.3. The Balaban J connectivity index is 1.73. The second-order valence-electron chi connectivity index (χ2n) is 7.08. The van der Waals surface area contributed by atoms with Gasteiger partial charge in [0.15, 0.2) is 0 Å². The Hall–Kier alpha value is -2.21. The first-order valence-corrected chi connectivity index (χ1v) is 9.26. The van der Waals surface area contributed by atoms with Crippen molar-refractivity contribution in [1.82, 2.24) is 19.6 Å². The fourth-order valence-electron chi connectivity index (χ4n) is 3.55. The maximum absolute atomic E-state index is 13.3. The van der Waals surface area contributed by atoms with E-state index in [-0.39, 0.29) is 17.8 Å². The van der Waals surface area contributed by atoms with Gasteiger partial charge in [-0.05, 0) is 55.6 Å². The number of piperidine rings is 1. The summed E-state index contributed by atoms with van der Waals surface area (Å²) in [6.45, 7) is 2.45. The molecule has 1 fully saturated rings. The van der Waals surface area contributed by atoms with Crippen LogP contribution in [0, 0.1) is 5.82 Å². The molecule has 0 radical (unpaired) electrons. The van der Waals surface area contributed by atoms with E-state index in [4.69, 9.17) is 0 Å². The average Bonchev–Trinajstić information content (AvgIpc) is 3.07. The lowest BCUT2D eigenvalue weighted by molar-refractivity contribution is -0.136. The van der Waals surface area contributed by atoms with Crippen LogP contribution in [0.3, 0.4) is 0 Å². The van der Waals surface area contributed by atoms with E-state index >= 15 is 0 Å². The summed E-state index contributed by atoms with van der Waals surface area (Å²) in [4.78, 5) is 17.2. The van der Waals surface area contributed by atoms with Gasteiger partial charge in [0, 0.05) is 26.8 Å². The number of amides is 1. The van der Waals surface area contributed by atoms with Crippen LogP contribution in [0.15, 0.2) is 36.7 Å². The summed E-state index contributed by atoms with van der Waals surface area (Å²) in [6.07, 6.45) is 7.99. The second kappa shape index (κ2) is 8.45. The molecule has 0 saturated carbocycles. The van der Waals surface area contributed by atoms with Crippen molar-refractivity contribution in [3.8, 4) is 0 Å². The Bertz CT molecular complexity index is 722. The van der Waals surface area contributed by atoms with E-state index in [0.29, 0.717) is 6.54 Å². The fourth-order valence-corrected chi connectivity index (χ4v) is 3.55. The van der Waals surface area contributed by atoms with Crippen LogP contribution in [0.5, 0.6) is 0 Å². The van der Waals surface area contributed by atoms with Crippen LogP contribution in [0.4, 0.5) is 4.39 Å². The number of hydrogen-bond donors (Lipinski definition) is 0. The van der Waals surface area contributed by atoms with Crippen molar-refractivity contribution in [1.29, 1.82) is 0 Å². The van der Waals surface area contributed by atoms with Crippen LogP contribution in [0.2, 0.25) is 0 Å². The molecule has 3 rings (SSSR count). The van der Waals surface area contributed by atoms with Gasteiger partial charge in [-0.3, -0.25) is 14.4 Å². The molecular weight excluding hydrogens is 331 g/mol. The Morgan fingerprint density at radius 2 is 1.92 bits per heavy atom. The highest BCUT2D eigenvalue weighted by Gasteiger charge is 2.30. The molecule has 1 aliphatic heterocycles. The third-order valence-corrected chi connectivity index (χ3v) is 5.05. The van der Waals surface area contributed by atoms with Crippen LogP contribution < -0.4 is 0 Å². The van der Waals surface area contributed by atoms with Gasteiger partial charge in [0.05, 0.1) is 6.20 Å². The zero-order valence-corrected chi connectivity index (χ0v) is 15.6. The number of halogens is 1. The molecule has 1 atom stereocenters. The first-order valence-electron chi connectivity index (χ1n) is 9.26. The Labute approximate surface area is 154 Å². The molecule has 2 aromatic rings. The number of rotatable bonds is 6. The highest BCUT2D eigenvalue weighted by molar-refractivity contribution is 5.83. The summed E-state index contributed by atoms with van der Waals surface area (Å²) in [6, 6.07) is 6.02. The molecule has 5 nitrogen and oxygen atoms in total. The van der Waals surface area contributed by atoms with Gasteiger partial charge >= 0.3 is 0 Å². The van der Waals surface area contributed by atoms with E-state index in [1.54, 1.807) is 21.7 Å². The van der Waals surface area contributed by atoms with E-state index in [9.17, 15) is 9.18 Å². The van der Waals surface area contributed by atoms with Gasteiger partial charge in [-0.2, -0.15) is 5.10 Å². The van der Waals surface area contributed by atoms with E-state index < -0.39 is 0 Å².